The molecule has 4 heterocycles. The van der Waals surface area contributed by atoms with E-state index in [4.69, 9.17) is 16.0 Å². The molecule has 0 bridgehead atoms. The van der Waals surface area contributed by atoms with E-state index < -0.39 is 12.5 Å². The summed E-state index contributed by atoms with van der Waals surface area (Å²) < 4.78 is 32.7. The minimum absolute atomic E-state index is 0.142. The summed E-state index contributed by atoms with van der Waals surface area (Å²) in [6, 6.07) is 5.85. The number of oxazole rings is 1. The van der Waals surface area contributed by atoms with E-state index in [0.717, 1.165) is 31.7 Å². The molecule has 0 radical (unpaired) electrons. The summed E-state index contributed by atoms with van der Waals surface area (Å²) in [5.41, 5.74) is 1.46. The number of amides is 1. The lowest BCUT2D eigenvalue weighted by Crippen LogP contribution is -2.51. The normalized spacial score (nSPS) is 27.3. The summed E-state index contributed by atoms with van der Waals surface area (Å²) in [5.74, 6) is -2.95. The van der Waals surface area contributed by atoms with Crippen molar-refractivity contribution in [1.82, 2.24) is 20.1 Å². The molecule has 3 aliphatic rings. The molecule has 0 spiro atoms. The topological polar surface area (TPSA) is 64.9 Å². The van der Waals surface area contributed by atoms with Crippen molar-refractivity contribution < 1.29 is 18.0 Å². The van der Waals surface area contributed by atoms with Gasteiger partial charge in [-0.2, -0.15) is 4.98 Å². The highest BCUT2D eigenvalue weighted by molar-refractivity contribution is 6.31. The first-order chi connectivity index (χ1) is 14.4. The Morgan fingerprint density at radius 2 is 2.03 bits per heavy atom. The molecule has 162 valence electrons. The third kappa shape index (κ3) is 3.86. The first-order valence-corrected chi connectivity index (χ1v) is 10.7. The number of piperazine rings is 1. The van der Waals surface area contributed by atoms with Crippen LogP contribution < -0.4 is 10.2 Å². The van der Waals surface area contributed by atoms with Gasteiger partial charge in [-0.3, -0.25) is 9.69 Å². The number of nitrogens with zero attached hydrogens (tertiary/aromatic N) is 4. The van der Waals surface area contributed by atoms with Crippen molar-refractivity contribution in [2.45, 2.75) is 30.8 Å². The number of hydrogen-bond donors (Lipinski definition) is 1. The van der Waals surface area contributed by atoms with Gasteiger partial charge in [0, 0.05) is 56.8 Å². The number of rotatable bonds is 3. The van der Waals surface area contributed by atoms with Crippen molar-refractivity contribution in [2.75, 3.05) is 50.7 Å². The second-order valence-corrected chi connectivity index (χ2v) is 8.78. The van der Waals surface area contributed by atoms with Gasteiger partial charge in [-0.25, -0.2) is 8.78 Å². The summed E-state index contributed by atoms with van der Waals surface area (Å²) in [4.78, 5) is 22.9. The monoisotopic (exact) mass is 439 g/mol. The predicted octanol–water partition coefficient (Wildman–Crippen LogP) is 2.20. The fourth-order valence-electron chi connectivity index (χ4n) is 4.63. The number of halogens is 3. The molecular formula is C20H24ClF2N5O2. The van der Waals surface area contributed by atoms with E-state index >= 15 is 0 Å². The highest BCUT2D eigenvalue weighted by Gasteiger charge is 2.43. The van der Waals surface area contributed by atoms with Crippen molar-refractivity contribution in [3.63, 3.8) is 0 Å². The van der Waals surface area contributed by atoms with Crippen molar-refractivity contribution >= 4 is 34.6 Å². The maximum Gasteiger partial charge on any atom is 0.298 e. The molecule has 3 saturated heterocycles. The van der Waals surface area contributed by atoms with Crippen LogP contribution in [0.15, 0.2) is 22.6 Å². The Kier molecular flexibility index (Phi) is 5.07. The van der Waals surface area contributed by atoms with Crippen molar-refractivity contribution in [3.8, 4) is 0 Å². The zero-order valence-electron chi connectivity index (χ0n) is 16.5. The predicted molar refractivity (Wildman–Crippen MR) is 109 cm³/mol. The molecule has 0 unspecified atom stereocenters. The Morgan fingerprint density at radius 1 is 1.23 bits per heavy atom. The minimum atomic E-state index is -2.75. The van der Waals surface area contributed by atoms with E-state index in [2.05, 4.69) is 20.1 Å². The van der Waals surface area contributed by atoms with Crippen LogP contribution in [0, 0.1) is 0 Å². The number of nitrogens with one attached hydrogen (secondary N) is 1. The lowest BCUT2D eigenvalue weighted by atomic mass is 10.1. The zero-order chi connectivity index (χ0) is 20.9. The SMILES string of the molecule is O=C([C@@H]1C[C@H](N2CCN(c3nc4cc(Cl)ccc4o3)CC2)CN1)N1CCC(F)(F)C1. The van der Waals surface area contributed by atoms with Crippen LogP contribution in [0.3, 0.4) is 0 Å². The van der Waals surface area contributed by atoms with Gasteiger partial charge in [-0.15, -0.1) is 0 Å². The lowest BCUT2D eigenvalue weighted by molar-refractivity contribution is -0.133. The number of anilines is 1. The highest BCUT2D eigenvalue weighted by atomic mass is 35.5. The molecule has 7 nitrogen and oxygen atoms in total. The number of carbonyl (C=O) groups is 1. The van der Waals surface area contributed by atoms with E-state index in [9.17, 15) is 13.6 Å². The van der Waals surface area contributed by atoms with Crippen molar-refractivity contribution in [1.29, 1.82) is 0 Å². The zero-order valence-corrected chi connectivity index (χ0v) is 17.2. The van der Waals surface area contributed by atoms with Gasteiger partial charge in [0.15, 0.2) is 5.58 Å². The molecule has 5 rings (SSSR count). The molecule has 1 amide bonds. The Hall–Kier alpha value is -1.97. The van der Waals surface area contributed by atoms with Crippen LogP contribution in [0.5, 0.6) is 0 Å². The van der Waals surface area contributed by atoms with Gasteiger partial charge in [0.05, 0.1) is 12.6 Å². The van der Waals surface area contributed by atoms with Gasteiger partial charge in [0.1, 0.15) is 5.52 Å². The Balaban J connectivity index is 1.16. The van der Waals surface area contributed by atoms with Gasteiger partial charge in [-0.1, -0.05) is 11.6 Å². The van der Waals surface area contributed by atoms with Crippen molar-refractivity contribution in [3.05, 3.63) is 23.2 Å². The molecule has 1 N–H and O–H groups in total. The number of alkyl halides is 2. The molecule has 2 aromatic rings. The quantitative estimate of drug-likeness (QED) is 0.791. The van der Waals surface area contributed by atoms with Gasteiger partial charge in [0.2, 0.25) is 5.91 Å². The average Bonchev–Trinajstić information content (AvgIpc) is 3.45. The number of likely N-dealkylation sites (tertiary alicyclic amines) is 1. The number of fused-ring (bicyclic) bond motifs is 1. The molecule has 30 heavy (non-hydrogen) atoms. The van der Waals surface area contributed by atoms with Crippen LogP contribution in [0.4, 0.5) is 14.8 Å². The smallest absolute Gasteiger partial charge is 0.298 e. The maximum absolute atomic E-state index is 13.4. The number of hydrogen-bond acceptors (Lipinski definition) is 6. The van der Waals surface area contributed by atoms with Crippen LogP contribution in [-0.2, 0) is 4.79 Å². The lowest BCUT2D eigenvalue weighted by Gasteiger charge is -2.37. The molecule has 10 heteroatoms. The second-order valence-electron chi connectivity index (χ2n) is 8.35. The molecule has 3 fully saturated rings. The van der Waals surface area contributed by atoms with E-state index in [1.807, 2.05) is 6.07 Å². The fraction of sp³-hybridized carbons (Fsp3) is 0.600. The number of carbonyl (C=O) groups excluding carboxylic acids is 1. The minimum Gasteiger partial charge on any atom is -0.423 e. The van der Waals surface area contributed by atoms with Gasteiger partial charge < -0.3 is 19.5 Å². The summed E-state index contributed by atoms with van der Waals surface area (Å²) in [6.07, 6.45) is 0.418. The number of aromatic nitrogens is 1. The van der Waals surface area contributed by atoms with E-state index in [1.54, 1.807) is 12.1 Å². The average molecular weight is 440 g/mol. The van der Waals surface area contributed by atoms with Crippen LogP contribution in [0.25, 0.3) is 11.1 Å². The first-order valence-electron chi connectivity index (χ1n) is 10.3. The second kappa shape index (κ2) is 7.62. The van der Waals surface area contributed by atoms with Crippen LogP contribution in [-0.4, -0.2) is 84.5 Å². The first kappa shape index (κ1) is 20.0. The third-order valence-electron chi connectivity index (χ3n) is 6.33. The fourth-order valence-corrected chi connectivity index (χ4v) is 4.80. The van der Waals surface area contributed by atoms with E-state index in [1.165, 1.54) is 4.90 Å². The van der Waals surface area contributed by atoms with Gasteiger partial charge in [-0.05, 0) is 24.6 Å². The van der Waals surface area contributed by atoms with Crippen LogP contribution in [0.1, 0.15) is 12.8 Å². The van der Waals surface area contributed by atoms with E-state index in [-0.39, 0.29) is 31.0 Å². The summed E-state index contributed by atoms with van der Waals surface area (Å²) in [6.45, 7) is 3.58. The highest BCUT2D eigenvalue weighted by Crippen LogP contribution is 2.29. The van der Waals surface area contributed by atoms with Gasteiger partial charge in [0.25, 0.3) is 11.9 Å². The van der Waals surface area contributed by atoms with Crippen molar-refractivity contribution in [2.24, 2.45) is 0 Å². The van der Waals surface area contributed by atoms with Crippen LogP contribution >= 0.6 is 11.6 Å². The molecule has 0 saturated carbocycles. The maximum atomic E-state index is 13.4. The molecule has 1 aromatic carbocycles. The third-order valence-corrected chi connectivity index (χ3v) is 6.56. The molecule has 3 aliphatic heterocycles. The Morgan fingerprint density at radius 3 is 2.77 bits per heavy atom. The Labute approximate surface area is 177 Å². The molecule has 2 atom stereocenters. The summed E-state index contributed by atoms with van der Waals surface area (Å²) in [7, 11) is 0. The summed E-state index contributed by atoms with van der Waals surface area (Å²) >= 11 is 6.02. The molecule has 0 aliphatic carbocycles. The molecule has 1 aromatic heterocycles. The van der Waals surface area contributed by atoms with Crippen LogP contribution in [0.2, 0.25) is 5.02 Å². The molecular weight excluding hydrogens is 416 g/mol. The van der Waals surface area contributed by atoms with E-state index in [0.29, 0.717) is 29.6 Å². The summed E-state index contributed by atoms with van der Waals surface area (Å²) in [5, 5.41) is 3.87. The Bertz CT molecular complexity index is 946. The number of benzene rings is 1. The largest absolute Gasteiger partial charge is 0.423 e. The standard InChI is InChI=1S/C20H24ClF2N5O2/c21-13-1-2-17-15(9-13)25-19(30-17)27-7-5-26(6-8-27)14-10-16(24-11-14)18(29)28-4-3-20(22,23)12-28/h1-2,9,14,16,24H,3-8,10-12H2/t14-,16-/m0/s1. The van der Waals surface area contributed by atoms with Gasteiger partial charge >= 0.3 is 0 Å².